The molecule has 3 rings (SSSR count). The van der Waals surface area contributed by atoms with Gasteiger partial charge in [0.2, 0.25) is 0 Å². The van der Waals surface area contributed by atoms with Gasteiger partial charge in [-0.1, -0.05) is 0 Å². The van der Waals surface area contributed by atoms with Crippen LogP contribution in [-0.2, 0) is 0 Å². The van der Waals surface area contributed by atoms with Crippen LogP contribution in [0, 0.1) is 6.92 Å². The Balaban J connectivity index is 1.56. The molecule has 1 amide bonds. The quantitative estimate of drug-likeness (QED) is 0.830. The molecule has 2 saturated heterocycles. The molecule has 0 saturated carbocycles. The fraction of sp³-hybridized carbons (Fsp3) is 0.667. The maximum absolute atomic E-state index is 12.4. The molecule has 0 N–H and O–H groups in total. The summed E-state index contributed by atoms with van der Waals surface area (Å²) in [7, 11) is 0. The second-order valence-electron chi connectivity index (χ2n) is 5.71. The van der Waals surface area contributed by atoms with Gasteiger partial charge in [0.15, 0.2) is 0 Å². The van der Waals surface area contributed by atoms with Crippen molar-refractivity contribution in [3.8, 4) is 0 Å². The Hall–Kier alpha value is -0.870. The summed E-state index contributed by atoms with van der Waals surface area (Å²) in [6, 6.07) is 2.73. The van der Waals surface area contributed by atoms with E-state index in [9.17, 15) is 4.79 Å². The van der Waals surface area contributed by atoms with Crippen molar-refractivity contribution in [3.63, 3.8) is 0 Å². The summed E-state index contributed by atoms with van der Waals surface area (Å²) in [6.45, 7) is 6.44. The predicted octanol–water partition coefficient (Wildman–Crippen LogP) is 2.76. The van der Waals surface area contributed by atoms with Crippen LogP contribution in [0.25, 0.3) is 0 Å². The van der Waals surface area contributed by atoms with Crippen molar-refractivity contribution in [3.05, 3.63) is 21.9 Å². The number of amides is 1. The maximum Gasteiger partial charge on any atom is 0.254 e. The summed E-state index contributed by atoms with van der Waals surface area (Å²) in [5.74, 6) is 0.226. The van der Waals surface area contributed by atoms with Crippen molar-refractivity contribution in [2.75, 3.05) is 26.2 Å². The van der Waals surface area contributed by atoms with E-state index >= 15 is 0 Å². The fourth-order valence-electron chi connectivity index (χ4n) is 3.28. The monoisotopic (exact) mass is 278 g/mol. The van der Waals surface area contributed by atoms with E-state index in [4.69, 9.17) is 0 Å². The molecule has 0 spiro atoms. The Bertz CT molecular complexity index is 443. The number of carbonyl (C=O) groups excluding carboxylic acids is 1. The summed E-state index contributed by atoms with van der Waals surface area (Å²) in [4.78, 5) is 18.2. The van der Waals surface area contributed by atoms with Crippen LogP contribution in [0.3, 0.4) is 0 Å². The zero-order valence-corrected chi connectivity index (χ0v) is 12.4. The summed E-state index contributed by atoms with van der Waals surface area (Å²) >= 11 is 1.66. The van der Waals surface area contributed by atoms with Gasteiger partial charge in [-0.2, -0.15) is 0 Å². The molecule has 0 atom stereocenters. The highest BCUT2D eigenvalue weighted by Crippen LogP contribution is 2.23. The molecule has 2 fully saturated rings. The molecule has 0 unspecified atom stereocenters. The van der Waals surface area contributed by atoms with Crippen LogP contribution in [0.1, 0.15) is 40.9 Å². The van der Waals surface area contributed by atoms with Crippen molar-refractivity contribution < 1.29 is 4.79 Å². The Kier molecular flexibility index (Phi) is 3.89. The zero-order chi connectivity index (χ0) is 13.2. The number of hydrogen-bond acceptors (Lipinski definition) is 3. The molecule has 3 nitrogen and oxygen atoms in total. The molecule has 0 aliphatic carbocycles. The lowest BCUT2D eigenvalue weighted by Crippen LogP contribution is -2.45. The number of likely N-dealkylation sites (tertiary alicyclic amines) is 2. The molecule has 1 aromatic rings. The maximum atomic E-state index is 12.4. The number of carbonyl (C=O) groups is 1. The van der Waals surface area contributed by atoms with Crippen LogP contribution in [0.15, 0.2) is 11.4 Å². The first-order chi connectivity index (χ1) is 9.24. The lowest BCUT2D eigenvalue weighted by molar-refractivity contribution is 0.0645. The average Bonchev–Trinajstić information content (AvgIpc) is 3.09. The largest absolute Gasteiger partial charge is 0.339 e. The molecule has 2 aliphatic heterocycles. The Labute approximate surface area is 119 Å². The van der Waals surface area contributed by atoms with E-state index < -0.39 is 0 Å². The van der Waals surface area contributed by atoms with E-state index in [1.807, 2.05) is 16.3 Å². The number of nitrogens with zero attached hydrogens (tertiary/aromatic N) is 2. The summed E-state index contributed by atoms with van der Waals surface area (Å²) in [6.07, 6.45) is 5.00. The third-order valence-corrected chi connectivity index (χ3v) is 5.25. The molecule has 104 valence electrons. The molecule has 4 heteroatoms. The number of rotatable bonds is 2. The average molecular weight is 278 g/mol. The first kappa shape index (κ1) is 13.1. The minimum Gasteiger partial charge on any atom is -0.339 e. The standard InChI is InChI=1S/C15H22N2OS/c1-12-10-13(11-19-12)15(18)17-8-4-14(5-9-17)16-6-2-3-7-16/h10-11,14H,2-9H2,1H3. The summed E-state index contributed by atoms with van der Waals surface area (Å²) in [5.41, 5.74) is 0.877. The normalized spacial score (nSPS) is 22.1. The van der Waals surface area contributed by atoms with Gasteiger partial charge < -0.3 is 9.80 Å². The van der Waals surface area contributed by atoms with Crippen LogP contribution in [0.4, 0.5) is 0 Å². The third-order valence-electron chi connectivity index (χ3n) is 4.39. The van der Waals surface area contributed by atoms with Crippen LogP contribution in [0.2, 0.25) is 0 Å². The van der Waals surface area contributed by atoms with Gasteiger partial charge in [0.25, 0.3) is 5.91 Å². The SMILES string of the molecule is Cc1cc(C(=O)N2CCC(N3CCCC3)CC2)cs1. The van der Waals surface area contributed by atoms with Crippen molar-refractivity contribution in [1.82, 2.24) is 9.80 Å². The van der Waals surface area contributed by atoms with E-state index in [0.717, 1.165) is 37.5 Å². The van der Waals surface area contributed by atoms with Gasteiger partial charge in [-0.25, -0.2) is 0 Å². The van der Waals surface area contributed by atoms with Gasteiger partial charge in [-0.15, -0.1) is 11.3 Å². The van der Waals surface area contributed by atoms with E-state index in [1.54, 1.807) is 11.3 Å². The zero-order valence-electron chi connectivity index (χ0n) is 11.6. The lowest BCUT2D eigenvalue weighted by Gasteiger charge is -2.36. The number of thiophene rings is 1. The fourth-order valence-corrected chi connectivity index (χ4v) is 3.96. The highest BCUT2D eigenvalue weighted by Gasteiger charge is 2.28. The lowest BCUT2D eigenvalue weighted by atomic mass is 10.0. The van der Waals surface area contributed by atoms with Crippen molar-refractivity contribution >= 4 is 17.2 Å². The molecular weight excluding hydrogens is 256 g/mol. The first-order valence-corrected chi connectivity index (χ1v) is 8.20. The van der Waals surface area contributed by atoms with E-state index in [1.165, 1.54) is 30.8 Å². The summed E-state index contributed by atoms with van der Waals surface area (Å²) < 4.78 is 0. The van der Waals surface area contributed by atoms with Crippen LogP contribution in [-0.4, -0.2) is 47.9 Å². The van der Waals surface area contributed by atoms with Crippen molar-refractivity contribution in [2.24, 2.45) is 0 Å². The number of hydrogen-bond donors (Lipinski definition) is 0. The second kappa shape index (κ2) is 5.63. The van der Waals surface area contributed by atoms with Gasteiger partial charge in [0.1, 0.15) is 0 Å². The van der Waals surface area contributed by atoms with Crippen LogP contribution >= 0.6 is 11.3 Å². The minimum absolute atomic E-state index is 0.226. The highest BCUT2D eigenvalue weighted by molar-refractivity contribution is 7.10. The van der Waals surface area contributed by atoms with Gasteiger partial charge in [0.05, 0.1) is 5.56 Å². The molecule has 19 heavy (non-hydrogen) atoms. The second-order valence-corrected chi connectivity index (χ2v) is 6.83. The molecule has 0 bridgehead atoms. The molecular formula is C15H22N2OS. The molecule has 3 heterocycles. The Morgan fingerprint density at radius 3 is 2.47 bits per heavy atom. The number of piperidine rings is 1. The smallest absolute Gasteiger partial charge is 0.254 e. The van der Waals surface area contributed by atoms with Gasteiger partial charge in [-0.05, 0) is 51.8 Å². The topological polar surface area (TPSA) is 23.6 Å². The van der Waals surface area contributed by atoms with Gasteiger partial charge >= 0.3 is 0 Å². The first-order valence-electron chi connectivity index (χ1n) is 7.32. The number of aryl methyl sites for hydroxylation is 1. The van der Waals surface area contributed by atoms with Crippen LogP contribution < -0.4 is 0 Å². The third kappa shape index (κ3) is 2.84. The molecule has 2 aliphatic rings. The van der Waals surface area contributed by atoms with E-state index in [-0.39, 0.29) is 5.91 Å². The van der Waals surface area contributed by atoms with Crippen molar-refractivity contribution in [2.45, 2.75) is 38.6 Å². The van der Waals surface area contributed by atoms with Gasteiger partial charge in [-0.3, -0.25) is 4.79 Å². The van der Waals surface area contributed by atoms with E-state index in [2.05, 4.69) is 11.8 Å². The highest BCUT2D eigenvalue weighted by atomic mass is 32.1. The Morgan fingerprint density at radius 1 is 1.21 bits per heavy atom. The van der Waals surface area contributed by atoms with Gasteiger partial charge in [0, 0.05) is 29.4 Å². The molecule has 0 radical (unpaired) electrons. The Morgan fingerprint density at radius 2 is 1.89 bits per heavy atom. The summed E-state index contributed by atoms with van der Waals surface area (Å²) in [5, 5.41) is 1.99. The van der Waals surface area contributed by atoms with E-state index in [0.29, 0.717) is 0 Å². The van der Waals surface area contributed by atoms with Crippen LogP contribution in [0.5, 0.6) is 0 Å². The molecule has 0 aromatic carbocycles. The van der Waals surface area contributed by atoms with Crippen molar-refractivity contribution in [1.29, 1.82) is 0 Å². The predicted molar refractivity (Wildman–Crippen MR) is 78.8 cm³/mol. The minimum atomic E-state index is 0.226. The molecule has 1 aromatic heterocycles.